The summed E-state index contributed by atoms with van der Waals surface area (Å²) in [5.41, 5.74) is -8.38. The lowest BCUT2D eigenvalue weighted by Crippen LogP contribution is -2.66. The summed E-state index contributed by atoms with van der Waals surface area (Å²) >= 11 is 0. The van der Waals surface area contributed by atoms with E-state index in [4.69, 9.17) is 14.2 Å². The summed E-state index contributed by atoms with van der Waals surface area (Å²) in [4.78, 5) is 208. The Hall–Kier alpha value is -8.97. The minimum atomic E-state index is -1.85. The van der Waals surface area contributed by atoms with Gasteiger partial charge < -0.3 is 88.6 Å². The van der Waals surface area contributed by atoms with E-state index in [-0.39, 0.29) is 6.61 Å². The van der Waals surface area contributed by atoms with Crippen LogP contribution >= 0.6 is 0 Å². The Kier molecular flexibility index (Phi) is 37.3. The number of alkyl carbamates (subject to hydrolysis) is 1. The van der Waals surface area contributed by atoms with Crippen LogP contribution in [0, 0.1) is 41.4 Å². The molecule has 0 aliphatic heterocycles. The van der Waals surface area contributed by atoms with Crippen LogP contribution in [0.5, 0.6) is 0 Å². The van der Waals surface area contributed by atoms with Crippen LogP contribution in [0.2, 0.25) is 0 Å². The van der Waals surface area contributed by atoms with E-state index in [9.17, 15) is 71.9 Å². The van der Waals surface area contributed by atoms with Gasteiger partial charge in [0.2, 0.25) is 76.8 Å². The van der Waals surface area contributed by atoms with Crippen molar-refractivity contribution in [2.24, 2.45) is 41.4 Å². The zero-order chi connectivity index (χ0) is 83.9. The van der Waals surface area contributed by atoms with Gasteiger partial charge in [0.15, 0.2) is 0 Å². The van der Waals surface area contributed by atoms with Gasteiger partial charge in [-0.15, -0.1) is 0 Å². The van der Waals surface area contributed by atoms with Crippen LogP contribution in [0.15, 0.2) is 30.3 Å². The Morgan fingerprint density at radius 3 is 1.00 bits per heavy atom. The standard InChI is InChI=1S/C76H130N14O18/c1-30-44(13)54(80-58(93)50(40(5)6)78-59(94)51(41(7)8)83-65(100)72(19,20)86-48(91)37-77-57(92)49(39(3)4)82-68(103)75(25,26)90-70(105)108-71(16,17)18)63(98)88-74(23,24)67(102)85-56(46(15)107-38-47-35-33-32-34-36-47)61(96)79-53(43(11)12)62(97)87-73(21,22)66(101)84-52(42(9)10)60(95)81-55(45(14)31-2)64(99)89-76(27,28)69(104)106-29/h32-36,39-46,49-56H,30-31,37-38H2,1-29H3,(H,77,92)(H,78,94)(H,79,96)(H,80,93)(H,81,95)(H,82,103)(H,83,100)(H,84,101)(H,85,102)(H,86,91)(H,87,97)(H,88,98)(H,89,99)(H,90,105)/t44-,45-,46+,49-,50-,51-,52-,53-,54-,55-,56-/m1/s1. The summed E-state index contributed by atoms with van der Waals surface area (Å²) < 4.78 is 16.3. The van der Waals surface area contributed by atoms with Gasteiger partial charge in [0.1, 0.15) is 81.6 Å². The van der Waals surface area contributed by atoms with Crippen molar-refractivity contribution in [1.29, 1.82) is 0 Å². The van der Waals surface area contributed by atoms with Gasteiger partial charge in [-0.25, -0.2) is 9.59 Å². The minimum Gasteiger partial charge on any atom is -0.467 e. The van der Waals surface area contributed by atoms with Crippen molar-refractivity contribution in [3.63, 3.8) is 0 Å². The van der Waals surface area contributed by atoms with E-state index >= 15 is 0 Å². The van der Waals surface area contributed by atoms with Gasteiger partial charge in [-0.3, -0.25) is 62.3 Å². The van der Waals surface area contributed by atoms with Crippen molar-refractivity contribution >= 4 is 88.9 Å². The number of hydrogen-bond donors (Lipinski definition) is 14. The van der Waals surface area contributed by atoms with E-state index in [1.54, 1.807) is 141 Å². The van der Waals surface area contributed by atoms with Crippen molar-refractivity contribution in [1.82, 2.24) is 74.4 Å². The molecule has 1 rings (SSSR count). The fraction of sp³-hybridized carbons (Fsp3) is 0.724. The summed E-state index contributed by atoms with van der Waals surface area (Å²) in [5, 5.41) is 37.2. The predicted molar refractivity (Wildman–Crippen MR) is 407 cm³/mol. The summed E-state index contributed by atoms with van der Waals surface area (Å²) in [5.74, 6) is -14.9. The van der Waals surface area contributed by atoms with E-state index < -0.39 is 225 Å². The van der Waals surface area contributed by atoms with Crippen molar-refractivity contribution in [3.05, 3.63) is 35.9 Å². The molecule has 11 atom stereocenters. The van der Waals surface area contributed by atoms with Gasteiger partial charge in [0.25, 0.3) is 0 Å². The number of methoxy groups -OCH3 is 1. The lowest BCUT2D eigenvalue weighted by Gasteiger charge is -2.35. The lowest BCUT2D eigenvalue weighted by molar-refractivity contribution is -0.150. The smallest absolute Gasteiger partial charge is 0.408 e. The SMILES string of the molecule is CC[C@@H](C)[C@@H](NC(=O)[C@H](NC(=O)[C@H](NC(=O)C(C)(C)NC(=O)CNC(=O)[C@H](NC(=O)C(C)(C)NC(=O)OC(C)(C)C)C(C)C)C(C)C)C(C)C)C(=O)NC(C)(C)C(=O)N[C@@H](C(=O)N[C@@H](C(=O)NC(C)(C)C(=O)N[C@@H](C(=O)N[C@@H](C(=O)NC(C)(C)C(=O)OC)[C@H](C)CC)C(C)C)C(C)C)[C@H](C)OCc1ccccc1. The molecule has 0 fully saturated rings. The highest BCUT2D eigenvalue weighted by atomic mass is 16.6. The van der Waals surface area contributed by atoms with Gasteiger partial charge in [-0.1, -0.05) is 140 Å². The van der Waals surface area contributed by atoms with Crippen LogP contribution in [-0.2, 0) is 87.9 Å². The van der Waals surface area contributed by atoms with E-state index in [1.165, 1.54) is 83.3 Å². The van der Waals surface area contributed by atoms with Gasteiger partial charge in [0.05, 0.1) is 26.4 Å². The molecule has 1 aromatic carbocycles. The van der Waals surface area contributed by atoms with Gasteiger partial charge in [0, 0.05) is 0 Å². The predicted octanol–water partition coefficient (Wildman–Crippen LogP) is 3.01. The van der Waals surface area contributed by atoms with Crippen molar-refractivity contribution in [2.75, 3.05) is 13.7 Å². The Bertz CT molecular complexity index is 3310. The Balaban J connectivity index is 3.47. The lowest BCUT2D eigenvalue weighted by atomic mass is 9.94. The maximum Gasteiger partial charge on any atom is 0.408 e. The number of carbonyl (C=O) groups is 15. The van der Waals surface area contributed by atoms with Crippen LogP contribution in [0.25, 0.3) is 0 Å². The normalized spacial score (nSPS) is 15.3. The number of rotatable bonds is 41. The van der Waals surface area contributed by atoms with Crippen LogP contribution in [0.4, 0.5) is 4.79 Å². The van der Waals surface area contributed by atoms with Crippen molar-refractivity contribution in [3.8, 4) is 0 Å². The second-order valence-electron chi connectivity index (χ2n) is 33.2. The molecule has 0 radical (unpaired) electrons. The summed E-state index contributed by atoms with van der Waals surface area (Å²) in [6.45, 7) is 43.4. The molecule has 0 saturated carbocycles. The highest BCUT2D eigenvalue weighted by Gasteiger charge is 2.45. The van der Waals surface area contributed by atoms with Crippen LogP contribution in [0.3, 0.4) is 0 Å². The first kappa shape index (κ1) is 97.0. The molecule has 0 aliphatic rings. The van der Waals surface area contributed by atoms with E-state index in [1.807, 2.05) is 6.92 Å². The molecule has 0 unspecified atom stereocenters. The highest BCUT2D eigenvalue weighted by molar-refractivity contribution is 6.02. The second-order valence-corrected chi connectivity index (χ2v) is 33.2. The molecular weight excluding hydrogens is 1400 g/mol. The number of hydrogen-bond acceptors (Lipinski definition) is 18. The number of amides is 14. The molecule has 14 N–H and O–H groups in total. The number of esters is 1. The monoisotopic (exact) mass is 1530 g/mol. The first-order valence-electron chi connectivity index (χ1n) is 37.1. The molecule has 32 nitrogen and oxygen atoms in total. The molecule has 1 aromatic rings. The molecule has 612 valence electrons. The average molecular weight is 1530 g/mol. The maximum atomic E-state index is 14.8. The molecule has 14 amide bonds. The second kappa shape index (κ2) is 41.6. The number of nitrogens with one attached hydrogen (secondary N) is 14. The maximum absolute atomic E-state index is 14.8. The molecule has 0 aliphatic carbocycles. The number of carbonyl (C=O) groups excluding carboxylic acids is 15. The minimum absolute atomic E-state index is 0.0255. The first-order valence-corrected chi connectivity index (χ1v) is 37.1. The third-order valence-corrected chi connectivity index (χ3v) is 18.1. The third-order valence-electron chi connectivity index (χ3n) is 18.1. The van der Waals surface area contributed by atoms with Gasteiger partial charge in [-0.05, 0) is 144 Å². The van der Waals surface area contributed by atoms with Crippen LogP contribution < -0.4 is 74.4 Å². The molecule has 32 heteroatoms. The molecular formula is C76H130N14O18. The van der Waals surface area contributed by atoms with Crippen LogP contribution in [-0.4, -0.2) is 190 Å². The Labute approximate surface area is 638 Å². The Morgan fingerprint density at radius 2 is 0.648 bits per heavy atom. The quantitative estimate of drug-likeness (QED) is 0.0419. The largest absolute Gasteiger partial charge is 0.467 e. The third kappa shape index (κ3) is 30.6. The van der Waals surface area contributed by atoms with E-state index in [0.717, 1.165) is 5.56 Å². The number of benzene rings is 1. The fourth-order valence-electron chi connectivity index (χ4n) is 10.6. The number of ether oxygens (including phenoxy) is 3. The van der Waals surface area contributed by atoms with Crippen LogP contribution in [0.1, 0.15) is 212 Å². The van der Waals surface area contributed by atoms with E-state index in [2.05, 4.69) is 74.4 Å². The zero-order valence-corrected chi connectivity index (χ0v) is 69.3. The fourth-order valence-corrected chi connectivity index (χ4v) is 10.6. The summed E-state index contributed by atoms with van der Waals surface area (Å²) in [6, 6.07) is -1.45. The molecule has 108 heavy (non-hydrogen) atoms. The van der Waals surface area contributed by atoms with Crippen molar-refractivity contribution < 1.29 is 86.1 Å². The zero-order valence-electron chi connectivity index (χ0n) is 69.3. The average Bonchev–Trinajstić information content (AvgIpc) is 0.841. The van der Waals surface area contributed by atoms with Crippen molar-refractivity contribution in [2.45, 2.75) is 301 Å². The van der Waals surface area contributed by atoms with Gasteiger partial charge >= 0.3 is 12.1 Å². The Morgan fingerprint density at radius 1 is 0.352 bits per heavy atom. The van der Waals surface area contributed by atoms with Gasteiger partial charge in [-0.2, -0.15) is 0 Å². The molecule has 0 saturated heterocycles. The highest BCUT2D eigenvalue weighted by Crippen LogP contribution is 2.20. The first-order chi connectivity index (χ1) is 49.3. The molecule has 0 spiro atoms. The summed E-state index contributed by atoms with van der Waals surface area (Å²) in [6.07, 6.45) is -1.19. The summed E-state index contributed by atoms with van der Waals surface area (Å²) in [7, 11) is 1.18. The molecule has 0 aromatic heterocycles. The van der Waals surface area contributed by atoms with E-state index in [0.29, 0.717) is 12.8 Å². The topological polar surface area (TPSA) is 452 Å². The molecule has 0 heterocycles. The molecule has 0 bridgehead atoms.